The molecule has 3 heterocycles. The lowest BCUT2D eigenvalue weighted by Gasteiger charge is -2.17. The third-order valence-corrected chi connectivity index (χ3v) is 4.36. The Kier molecular flexibility index (Phi) is 3.29. The number of amides is 2. The molecule has 1 aromatic carbocycles. The highest BCUT2D eigenvalue weighted by molar-refractivity contribution is 5.93. The molecule has 1 atom stereocenters. The summed E-state index contributed by atoms with van der Waals surface area (Å²) in [5.74, 6) is 0. The van der Waals surface area contributed by atoms with Gasteiger partial charge in [0, 0.05) is 47.8 Å². The molecule has 1 aliphatic rings. The molecule has 0 radical (unpaired) electrons. The summed E-state index contributed by atoms with van der Waals surface area (Å²) in [6.45, 7) is 3.47. The third-order valence-electron chi connectivity index (χ3n) is 4.36. The van der Waals surface area contributed by atoms with E-state index in [1.165, 1.54) is 0 Å². The third kappa shape index (κ3) is 2.67. The lowest BCUT2D eigenvalue weighted by molar-refractivity contribution is 0.220. The number of fused-ring (bicyclic) bond motifs is 1. The minimum absolute atomic E-state index is 0.0498. The summed E-state index contributed by atoms with van der Waals surface area (Å²) in [4.78, 5) is 17.6. The Bertz CT molecular complexity index is 836. The number of nitrogens with zero attached hydrogens (tertiary/aromatic N) is 3. The Morgan fingerprint density at radius 1 is 1.39 bits per heavy atom. The number of H-pyrrole nitrogens is 1. The molecule has 0 unspecified atom stereocenters. The van der Waals surface area contributed by atoms with Crippen molar-refractivity contribution >= 4 is 22.6 Å². The molecule has 2 aromatic heterocycles. The van der Waals surface area contributed by atoms with Gasteiger partial charge in [-0.1, -0.05) is 0 Å². The molecule has 1 fully saturated rings. The van der Waals surface area contributed by atoms with Crippen molar-refractivity contribution in [2.75, 3.05) is 18.4 Å². The molecular weight excluding hydrogens is 290 g/mol. The molecule has 2 amide bonds. The summed E-state index contributed by atoms with van der Waals surface area (Å²) in [6, 6.07) is 10.1. The van der Waals surface area contributed by atoms with Gasteiger partial charge in [-0.3, -0.25) is 4.68 Å². The van der Waals surface area contributed by atoms with Crippen LogP contribution >= 0.6 is 0 Å². The maximum Gasteiger partial charge on any atom is 0.321 e. The zero-order valence-corrected chi connectivity index (χ0v) is 13.0. The Labute approximate surface area is 134 Å². The van der Waals surface area contributed by atoms with Crippen LogP contribution in [0.2, 0.25) is 0 Å². The van der Waals surface area contributed by atoms with Gasteiger partial charge in [0.15, 0.2) is 0 Å². The molecule has 23 heavy (non-hydrogen) atoms. The SMILES string of the molecule is Cc1cc2cc(NC(=O)N3CC[C@H](n4cccn4)C3)ccc2[nH]1. The van der Waals surface area contributed by atoms with Gasteiger partial charge in [-0.25, -0.2) is 4.79 Å². The van der Waals surface area contributed by atoms with E-state index in [0.717, 1.165) is 35.2 Å². The maximum absolute atomic E-state index is 12.4. The molecule has 6 nitrogen and oxygen atoms in total. The zero-order chi connectivity index (χ0) is 15.8. The van der Waals surface area contributed by atoms with Crippen LogP contribution in [0.1, 0.15) is 18.2 Å². The molecule has 0 bridgehead atoms. The molecule has 0 spiro atoms. The largest absolute Gasteiger partial charge is 0.359 e. The van der Waals surface area contributed by atoms with E-state index in [4.69, 9.17) is 0 Å². The molecule has 118 valence electrons. The van der Waals surface area contributed by atoms with Gasteiger partial charge in [0.2, 0.25) is 0 Å². The van der Waals surface area contributed by atoms with Crippen LogP contribution in [-0.4, -0.2) is 38.8 Å². The lowest BCUT2D eigenvalue weighted by Crippen LogP contribution is -2.33. The number of aromatic amines is 1. The number of benzene rings is 1. The molecule has 4 rings (SSSR count). The molecule has 6 heteroatoms. The van der Waals surface area contributed by atoms with Crippen molar-refractivity contribution in [1.29, 1.82) is 0 Å². The number of nitrogens with one attached hydrogen (secondary N) is 2. The zero-order valence-electron chi connectivity index (χ0n) is 13.0. The minimum Gasteiger partial charge on any atom is -0.359 e. The Morgan fingerprint density at radius 2 is 2.30 bits per heavy atom. The Hall–Kier alpha value is -2.76. The van der Waals surface area contributed by atoms with E-state index >= 15 is 0 Å². The fourth-order valence-electron chi connectivity index (χ4n) is 3.20. The first kappa shape index (κ1) is 13.9. The number of hydrogen-bond acceptors (Lipinski definition) is 2. The lowest BCUT2D eigenvalue weighted by atomic mass is 10.2. The monoisotopic (exact) mass is 309 g/mol. The van der Waals surface area contributed by atoms with Crippen LogP contribution in [0, 0.1) is 6.92 Å². The van der Waals surface area contributed by atoms with Crippen LogP contribution in [0.25, 0.3) is 10.9 Å². The van der Waals surface area contributed by atoms with Gasteiger partial charge in [0.25, 0.3) is 0 Å². The number of urea groups is 1. The van der Waals surface area contributed by atoms with Crippen molar-refractivity contribution in [2.45, 2.75) is 19.4 Å². The number of rotatable bonds is 2. The predicted molar refractivity (Wildman–Crippen MR) is 89.5 cm³/mol. The van der Waals surface area contributed by atoms with Gasteiger partial charge in [-0.2, -0.15) is 5.10 Å². The molecule has 2 N–H and O–H groups in total. The van der Waals surface area contributed by atoms with Gasteiger partial charge >= 0.3 is 6.03 Å². The first-order chi connectivity index (χ1) is 11.2. The highest BCUT2D eigenvalue weighted by atomic mass is 16.2. The fourth-order valence-corrected chi connectivity index (χ4v) is 3.20. The number of anilines is 1. The number of hydrogen-bond donors (Lipinski definition) is 2. The van der Waals surface area contributed by atoms with Gasteiger partial charge in [-0.05, 0) is 43.7 Å². The topological polar surface area (TPSA) is 66.0 Å². The van der Waals surface area contributed by atoms with E-state index < -0.39 is 0 Å². The molecule has 0 saturated carbocycles. The summed E-state index contributed by atoms with van der Waals surface area (Å²) < 4.78 is 1.93. The van der Waals surface area contributed by atoms with E-state index in [2.05, 4.69) is 21.5 Å². The van der Waals surface area contributed by atoms with Crippen LogP contribution in [-0.2, 0) is 0 Å². The number of carbonyl (C=O) groups is 1. The van der Waals surface area contributed by atoms with Gasteiger partial charge < -0.3 is 15.2 Å². The summed E-state index contributed by atoms with van der Waals surface area (Å²) in [5.41, 5.74) is 3.02. The van der Waals surface area contributed by atoms with E-state index in [9.17, 15) is 4.79 Å². The second kappa shape index (κ2) is 5.46. The van der Waals surface area contributed by atoms with Crippen LogP contribution in [0.3, 0.4) is 0 Å². The number of aryl methyl sites for hydroxylation is 1. The standard InChI is InChI=1S/C17H19N5O/c1-12-9-13-10-14(3-4-16(13)19-12)20-17(23)21-8-5-15(11-21)22-7-2-6-18-22/h2-4,6-7,9-10,15,19H,5,8,11H2,1H3,(H,20,23)/t15-/m0/s1. The van der Waals surface area contributed by atoms with Crippen LogP contribution in [0.5, 0.6) is 0 Å². The number of likely N-dealkylation sites (tertiary alicyclic amines) is 1. The first-order valence-electron chi connectivity index (χ1n) is 7.83. The molecule has 1 aliphatic heterocycles. The van der Waals surface area contributed by atoms with E-state index in [1.807, 2.05) is 47.0 Å². The number of carbonyl (C=O) groups excluding carboxylic acids is 1. The number of aromatic nitrogens is 3. The quantitative estimate of drug-likeness (QED) is 0.763. The van der Waals surface area contributed by atoms with Crippen molar-refractivity contribution in [2.24, 2.45) is 0 Å². The smallest absolute Gasteiger partial charge is 0.321 e. The normalized spacial score (nSPS) is 17.8. The van der Waals surface area contributed by atoms with Gasteiger partial charge in [0.1, 0.15) is 0 Å². The Morgan fingerprint density at radius 3 is 3.13 bits per heavy atom. The Balaban J connectivity index is 1.44. The average Bonchev–Trinajstić information content (AvgIpc) is 3.26. The highest BCUT2D eigenvalue weighted by Gasteiger charge is 2.27. The molecule has 0 aliphatic carbocycles. The van der Waals surface area contributed by atoms with Crippen molar-refractivity contribution in [3.63, 3.8) is 0 Å². The van der Waals surface area contributed by atoms with Crippen molar-refractivity contribution in [3.8, 4) is 0 Å². The molecule has 1 saturated heterocycles. The maximum atomic E-state index is 12.4. The van der Waals surface area contributed by atoms with Gasteiger partial charge in [0.05, 0.1) is 6.04 Å². The van der Waals surface area contributed by atoms with Crippen LogP contribution in [0.15, 0.2) is 42.7 Å². The van der Waals surface area contributed by atoms with Crippen molar-refractivity contribution in [1.82, 2.24) is 19.7 Å². The van der Waals surface area contributed by atoms with Crippen molar-refractivity contribution in [3.05, 3.63) is 48.4 Å². The van der Waals surface area contributed by atoms with E-state index in [-0.39, 0.29) is 12.1 Å². The van der Waals surface area contributed by atoms with Crippen molar-refractivity contribution < 1.29 is 4.79 Å². The van der Waals surface area contributed by atoms with Crippen LogP contribution < -0.4 is 5.32 Å². The summed E-state index contributed by atoms with van der Waals surface area (Å²) >= 11 is 0. The molecule has 3 aromatic rings. The fraction of sp³-hybridized carbons (Fsp3) is 0.294. The van der Waals surface area contributed by atoms with Gasteiger partial charge in [-0.15, -0.1) is 0 Å². The predicted octanol–water partition coefficient (Wildman–Crippen LogP) is 3.15. The van der Waals surface area contributed by atoms with Crippen LogP contribution in [0.4, 0.5) is 10.5 Å². The first-order valence-corrected chi connectivity index (χ1v) is 7.83. The second-order valence-corrected chi connectivity index (χ2v) is 6.06. The van der Waals surface area contributed by atoms with E-state index in [0.29, 0.717) is 6.54 Å². The summed E-state index contributed by atoms with van der Waals surface area (Å²) in [5, 5.41) is 8.37. The van der Waals surface area contributed by atoms with E-state index in [1.54, 1.807) is 6.20 Å². The highest BCUT2D eigenvalue weighted by Crippen LogP contribution is 2.23. The average molecular weight is 309 g/mol. The summed E-state index contributed by atoms with van der Waals surface area (Å²) in [6.07, 6.45) is 4.66. The minimum atomic E-state index is -0.0498. The molecular formula is C17H19N5O. The second-order valence-electron chi connectivity index (χ2n) is 6.06. The summed E-state index contributed by atoms with van der Waals surface area (Å²) in [7, 11) is 0.